The molecule has 1 nitrogen and oxygen atoms in total. The van der Waals surface area contributed by atoms with Crippen LogP contribution in [0.5, 0.6) is 0 Å². The minimum atomic E-state index is 1.11. The van der Waals surface area contributed by atoms with E-state index in [1.807, 2.05) is 34.9 Å². The number of rotatable bonds is 3. The van der Waals surface area contributed by atoms with Crippen molar-refractivity contribution in [3.63, 3.8) is 0 Å². The predicted octanol–water partition coefficient (Wildman–Crippen LogP) is 2.97. The summed E-state index contributed by atoms with van der Waals surface area (Å²) in [4.78, 5) is 2.10. The molecule has 0 amide bonds. The van der Waals surface area contributed by atoms with Crippen LogP contribution in [-0.4, -0.2) is 19.0 Å². The molecular weight excluding hydrogens is 146 g/mol. The van der Waals surface area contributed by atoms with Crippen LogP contribution in [0.2, 0.25) is 0 Å². The minimum absolute atomic E-state index is 1.11. The van der Waals surface area contributed by atoms with Crippen LogP contribution >= 0.6 is 0 Å². The zero-order valence-electron chi connectivity index (χ0n) is 8.81. The van der Waals surface area contributed by atoms with Crippen LogP contribution in [0, 0.1) is 0 Å². The molecule has 12 heavy (non-hydrogen) atoms. The molecule has 0 N–H and O–H groups in total. The van der Waals surface area contributed by atoms with Gasteiger partial charge in [0.1, 0.15) is 0 Å². The summed E-state index contributed by atoms with van der Waals surface area (Å²) >= 11 is 0. The van der Waals surface area contributed by atoms with Crippen LogP contribution in [0.1, 0.15) is 20.8 Å². The molecule has 0 fully saturated rings. The number of hydrogen-bond donors (Lipinski definition) is 0. The number of hydrogen-bond acceptors (Lipinski definition) is 1. The van der Waals surface area contributed by atoms with Crippen LogP contribution in [-0.2, 0) is 0 Å². The van der Waals surface area contributed by atoms with Gasteiger partial charge in [0.05, 0.1) is 0 Å². The Balaban J connectivity index is 4.85. The van der Waals surface area contributed by atoms with Gasteiger partial charge in [-0.25, -0.2) is 0 Å². The summed E-state index contributed by atoms with van der Waals surface area (Å²) in [6.45, 7) is 10.1. The molecule has 0 aliphatic rings. The van der Waals surface area contributed by atoms with Crippen LogP contribution < -0.4 is 0 Å². The third kappa shape index (κ3) is 2.57. The van der Waals surface area contributed by atoms with Gasteiger partial charge in [0, 0.05) is 19.8 Å². The molecule has 0 heterocycles. The van der Waals surface area contributed by atoms with Crippen molar-refractivity contribution in [1.82, 2.24) is 4.90 Å². The highest BCUT2D eigenvalue weighted by molar-refractivity contribution is 5.42. The predicted molar refractivity (Wildman–Crippen MR) is 56.0 cm³/mol. The largest absolute Gasteiger partial charge is 0.377 e. The Bertz CT molecular complexity index is 219. The maximum Gasteiger partial charge on any atom is 0.0390 e. The van der Waals surface area contributed by atoms with Gasteiger partial charge in [-0.3, -0.25) is 0 Å². The van der Waals surface area contributed by atoms with Crippen molar-refractivity contribution in [2.45, 2.75) is 20.8 Å². The van der Waals surface area contributed by atoms with Crippen LogP contribution in [0.4, 0.5) is 0 Å². The van der Waals surface area contributed by atoms with Crippen molar-refractivity contribution < 1.29 is 0 Å². The Kier molecular flexibility index (Phi) is 4.42. The summed E-state index contributed by atoms with van der Waals surface area (Å²) < 4.78 is 0. The van der Waals surface area contributed by atoms with Crippen molar-refractivity contribution in [1.29, 1.82) is 0 Å². The maximum absolute atomic E-state index is 3.94. The van der Waals surface area contributed by atoms with E-state index >= 15 is 0 Å². The van der Waals surface area contributed by atoms with Gasteiger partial charge in [0.25, 0.3) is 0 Å². The molecule has 0 spiro atoms. The number of nitrogens with zero attached hydrogens (tertiary/aromatic N) is 1. The Morgan fingerprint density at radius 2 is 1.67 bits per heavy atom. The molecule has 0 aromatic rings. The van der Waals surface area contributed by atoms with E-state index in [1.165, 1.54) is 11.3 Å². The Morgan fingerprint density at radius 1 is 1.17 bits per heavy atom. The molecular formula is C11H19N. The zero-order valence-corrected chi connectivity index (χ0v) is 8.81. The lowest BCUT2D eigenvalue weighted by atomic mass is 10.1. The average molecular weight is 165 g/mol. The van der Waals surface area contributed by atoms with E-state index in [4.69, 9.17) is 0 Å². The molecule has 0 radical (unpaired) electrons. The molecule has 68 valence electrons. The van der Waals surface area contributed by atoms with Crippen LogP contribution in [0.15, 0.2) is 35.6 Å². The lowest BCUT2D eigenvalue weighted by Gasteiger charge is -2.19. The van der Waals surface area contributed by atoms with Crippen molar-refractivity contribution >= 4 is 0 Å². The van der Waals surface area contributed by atoms with Crippen molar-refractivity contribution in [3.05, 3.63) is 35.6 Å². The molecule has 0 saturated heterocycles. The summed E-state index contributed by atoms with van der Waals surface area (Å²) in [7, 11) is 4.09. The van der Waals surface area contributed by atoms with Gasteiger partial charge in [0.2, 0.25) is 0 Å². The summed E-state index contributed by atoms with van der Waals surface area (Å²) in [6.07, 6.45) is 4.20. The molecule has 0 rings (SSSR count). The first-order valence-corrected chi connectivity index (χ1v) is 4.20. The minimum Gasteiger partial charge on any atom is -0.377 e. The summed E-state index contributed by atoms with van der Waals surface area (Å²) in [6, 6.07) is 0. The van der Waals surface area contributed by atoms with E-state index in [9.17, 15) is 0 Å². The highest BCUT2D eigenvalue weighted by atomic mass is 15.1. The lowest BCUT2D eigenvalue weighted by Crippen LogP contribution is -2.13. The number of likely N-dealkylation sites (N-methyl/N-ethyl adjacent to an activating group) is 1. The zero-order chi connectivity index (χ0) is 9.72. The Morgan fingerprint density at radius 3 is 1.75 bits per heavy atom. The fraction of sp³-hybridized carbons (Fsp3) is 0.455. The average Bonchev–Trinajstić information content (AvgIpc) is 1.98. The van der Waals surface area contributed by atoms with Gasteiger partial charge in [-0.05, 0) is 31.9 Å². The molecule has 0 unspecified atom stereocenters. The number of allylic oxidation sites excluding steroid dienone is 3. The summed E-state index contributed by atoms with van der Waals surface area (Å²) in [5, 5.41) is 0. The Labute approximate surface area is 76.1 Å². The second-order valence-corrected chi connectivity index (χ2v) is 3.05. The molecule has 0 bridgehead atoms. The van der Waals surface area contributed by atoms with Crippen LogP contribution in [0.25, 0.3) is 0 Å². The molecule has 0 aromatic heterocycles. The lowest BCUT2D eigenvalue weighted by molar-refractivity contribution is 0.522. The first kappa shape index (κ1) is 11.0. The molecule has 0 aliphatic heterocycles. The summed E-state index contributed by atoms with van der Waals surface area (Å²) in [5.41, 5.74) is 3.56. The first-order valence-electron chi connectivity index (χ1n) is 4.20. The van der Waals surface area contributed by atoms with E-state index in [1.54, 1.807) is 0 Å². The van der Waals surface area contributed by atoms with E-state index in [0.29, 0.717) is 0 Å². The molecule has 0 atom stereocenters. The van der Waals surface area contributed by atoms with Crippen molar-refractivity contribution in [2.75, 3.05) is 14.1 Å². The normalized spacial score (nSPS) is 13.1. The van der Waals surface area contributed by atoms with Gasteiger partial charge in [-0.15, -0.1) is 0 Å². The molecule has 0 aliphatic carbocycles. The van der Waals surface area contributed by atoms with E-state index in [-0.39, 0.29) is 0 Å². The standard InChI is InChI=1S/C11H19N/c1-7-10(9(3)4)11(8-2)12(5)6/h7-8H,3H2,1-2,4-6H3. The van der Waals surface area contributed by atoms with E-state index in [2.05, 4.69) is 23.6 Å². The highest BCUT2D eigenvalue weighted by Crippen LogP contribution is 2.18. The second-order valence-electron chi connectivity index (χ2n) is 3.05. The highest BCUT2D eigenvalue weighted by Gasteiger charge is 2.04. The summed E-state index contributed by atoms with van der Waals surface area (Å²) in [5.74, 6) is 0. The molecule has 1 heteroatoms. The molecule has 0 saturated carbocycles. The third-order valence-corrected chi connectivity index (χ3v) is 1.78. The van der Waals surface area contributed by atoms with Gasteiger partial charge < -0.3 is 4.90 Å². The maximum atomic E-state index is 3.94. The van der Waals surface area contributed by atoms with Gasteiger partial charge in [-0.2, -0.15) is 0 Å². The second kappa shape index (κ2) is 4.81. The quantitative estimate of drug-likeness (QED) is 0.581. The third-order valence-electron chi connectivity index (χ3n) is 1.78. The van der Waals surface area contributed by atoms with Gasteiger partial charge in [-0.1, -0.05) is 18.7 Å². The SMILES string of the molecule is C=C(C)C(=CC)C(=CC)N(C)C. The monoisotopic (exact) mass is 165 g/mol. The molecule has 0 aromatic carbocycles. The van der Waals surface area contributed by atoms with Crippen molar-refractivity contribution in [3.8, 4) is 0 Å². The topological polar surface area (TPSA) is 3.24 Å². The van der Waals surface area contributed by atoms with Gasteiger partial charge in [0.15, 0.2) is 0 Å². The van der Waals surface area contributed by atoms with E-state index < -0.39 is 0 Å². The van der Waals surface area contributed by atoms with Crippen molar-refractivity contribution in [2.24, 2.45) is 0 Å². The smallest absolute Gasteiger partial charge is 0.0390 e. The fourth-order valence-corrected chi connectivity index (χ4v) is 1.27. The fourth-order valence-electron chi connectivity index (χ4n) is 1.27. The van der Waals surface area contributed by atoms with Gasteiger partial charge >= 0.3 is 0 Å². The first-order chi connectivity index (χ1) is 5.54. The van der Waals surface area contributed by atoms with E-state index in [0.717, 1.165) is 5.57 Å². The van der Waals surface area contributed by atoms with Crippen LogP contribution in [0.3, 0.4) is 0 Å². The Hall–Kier alpha value is -0.980.